The Labute approximate surface area is 164 Å². The molecule has 1 saturated carbocycles. The standard InChI is InChI=1S/C20H30O8/c1-2-15(13-6-8-20(9-7-13)27-10-3-11-28-20)16(19(25)26)12-14(18(23)24)4-5-17(21)22/h13-14H,2-12H2,1H3,(H,21,22)(H,23,24)(H,25,26). The van der Waals surface area contributed by atoms with Gasteiger partial charge in [0.05, 0.1) is 19.1 Å². The predicted octanol–water partition coefficient (Wildman–Crippen LogP) is 3.06. The Hall–Kier alpha value is -1.93. The summed E-state index contributed by atoms with van der Waals surface area (Å²) < 4.78 is 11.7. The van der Waals surface area contributed by atoms with Gasteiger partial charge in [0.15, 0.2) is 5.79 Å². The second-order valence-electron chi connectivity index (χ2n) is 7.57. The van der Waals surface area contributed by atoms with Crippen LogP contribution in [0.5, 0.6) is 0 Å². The fraction of sp³-hybridized carbons (Fsp3) is 0.750. The van der Waals surface area contributed by atoms with E-state index in [9.17, 15) is 24.6 Å². The van der Waals surface area contributed by atoms with E-state index in [0.717, 1.165) is 24.8 Å². The van der Waals surface area contributed by atoms with Crippen molar-refractivity contribution in [3.05, 3.63) is 11.1 Å². The van der Waals surface area contributed by atoms with Crippen LogP contribution in [0.4, 0.5) is 0 Å². The molecule has 2 fully saturated rings. The summed E-state index contributed by atoms with van der Waals surface area (Å²) in [6, 6.07) is 0. The van der Waals surface area contributed by atoms with Crippen LogP contribution in [0.2, 0.25) is 0 Å². The molecule has 1 unspecified atom stereocenters. The fourth-order valence-corrected chi connectivity index (χ4v) is 4.27. The number of hydrogen-bond donors (Lipinski definition) is 3. The third-order valence-electron chi connectivity index (χ3n) is 5.79. The van der Waals surface area contributed by atoms with Gasteiger partial charge >= 0.3 is 17.9 Å². The summed E-state index contributed by atoms with van der Waals surface area (Å²) in [4.78, 5) is 34.2. The molecule has 1 heterocycles. The highest BCUT2D eigenvalue weighted by atomic mass is 16.7. The first-order chi connectivity index (χ1) is 13.3. The van der Waals surface area contributed by atoms with Gasteiger partial charge in [-0.25, -0.2) is 4.79 Å². The zero-order chi connectivity index (χ0) is 20.7. The van der Waals surface area contributed by atoms with E-state index in [0.29, 0.717) is 32.5 Å². The molecule has 0 aromatic heterocycles. The lowest BCUT2D eigenvalue weighted by atomic mass is 9.76. The molecule has 0 bridgehead atoms. The van der Waals surface area contributed by atoms with Gasteiger partial charge in [0.2, 0.25) is 0 Å². The van der Waals surface area contributed by atoms with Crippen LogP contribution in [0, 0.1) is 11.8 Å². The van der Waals surface area contributed by atoms with E-state index in [1.165, 1.54) is 0 Å². The summed E-state index contributed by atoms with van der Waals surface area (Å²) in [6.45, 7) is 3.22. The summed E-state index contributed by atoms with van der Waals surface area (Å²) in [5.74, 6) is -4.91. The molecule has 1 aliphatic carbocycles. The minimum absolute atomic E-state index is 0.0461. The average molecular weight is 398 g/mol. The minimum atomic E-state index is -1.16. The third-order valence-corrected chi connectivity index (χ3v) is 5.79. The van der Waals surface area contributed by atoms with E-state index in [4.69, 9.17) is 14.6 Å². The van der Waals surface area contributed by atoms with Crippen molar-refractivity contribution in [1.82, 2.24) is 0 Å². The van der Waals surface area contributed by atoms with Gasteiger partial charge in [-0.15, -0.1) is 0 Å². The topological polar surface area (TPSA) is 130 Å². The third kappa shape index (κ3) is 5.78. The summed E-state index contributed by atoms with van der Waals surface area (Å²) in [5.41, 5.74) is 0.881. The molecule has 3 N–H and O–H groups in total. The fourth-order valence-electron chi connectivity index (χ4n) is 4.27. The smallest absolute Gasteiger partial charge is 0.331 e. The summed E-state index contributed by atoms with van der Waals surface area (Å²) in [7, 11) is 0. The zero-order valence-electron chi connectivity index (χ0n) is 16.3. The first-order valence-electron chi connectivity index (χ1n) is 9.95. The molecule has 0 amide bonds. The van der Waals surface area contributed by atoms with Crippen LogP contribution >= 0.6 is 0 Å². The van der Waals surface area contributed by atoms with Crippen molar-refractivity contribution in [2.45, 2.75) is 70.5 Å². The molecule has 0 aromatic rings. The first kappa shape index (κ1) is 22.4. The molecule has 0 aromatic carbocycles. The second kappa shape index (κ2) is 10.0. The van der Waals surface area contributed by atoms with Gasteiger partial charge in [-0.3, -0.25) is 9.59 Å². The normalized spacial score (nSPS) is 21.8. The number of aliphatic carboxylic acids is 3. The molecule has 1 aliphatic heterocycles. The number of ether oxygens (including phenoxy) is 2. The molecule has 158 valence electrons. The highest BCUT2D eigenvalue weighted by Crippen LogP contribution is 2.42. The van der Waals surface area contributed by atoms with Gasteiger partial charge < -0.3 is 24.8 Å². The van der Waals surface area contributed by atoms with Crippen molar-refractivity contribution in [2.75, 3.05) is 13.2 Å². The molecule has 2 aliphatic rings. The van der Waals surface area contributed by atoms with Gasteiger partial charge in [-0.1, -0.05) is 12.5 Å². The maximum atomic E-state index is 11.9. The monoisotopic (exact) mass is 398 g/mol. The number of carboxylic acid groups (broad SMARTS) is 3. The quantitative estimate of drug-likeness (QED) is 0.505. The number of rotatable bonds is 9. The molecule has 28 heavy (non-hydrogen) atoms. The molecular formula is C20H30O8. The van der Waals surface area contributed by atoms with Crippen molar-refractivity contribution in [1.29, 1.82) is 0 Å². The van der Waals surface area contributed by atoms with E-state index in [-0.39, 0.29) is 30.8 Å². The van der Waals surface area contributed by atoms with Crippen LogP contribution in [-0.2, 0) is 23.9 Å². The van der Waals surface area contributed by atoms with Crippen molar-refractivity contribution in [3.63, 3.8) is 0 Å². The van der Waals surface area contributed by atoms with Crippen molar-refractivity contribution in [3.8, 4) is 0 Å². The minimum Gasteiger partial charge on any atom is -0.481 e. The molecule has 8 heteroatoms. The highest BCUT2D eigenvalue weighted by molar-refractivity contribution is 5.88. The Morgan fingerprint density at radius 3 is 2.14 bits per heavy atom. The first-order valence-corrected chi connectivity index (χ1v) is 9.95. The van der Waals surface area contributed by atoms with E-state index < -0.39 is 29.6 Å². The second-order valence-corrected chi connectivity index (χ2v) is 7.57. The Morgan fingerprint density at radius 1 is 1.07 bits per heavy atom. The van der Waals surface area contributed by atoms with Crippen molar-refractivity contribution in [2.24, 2.45) is 11.8 Å². The Balaban J connectivity index is 2.15. The molecule has 1 saturated heterocycles. The van der Waals surface area contributed by atoms with Gasteiger partial charge in [0, 0.05) is 24.8 Å². The van der Waals surface area contributed by atoms with Crippen LogP contribution in [-0.4, -0.2) is 52.2 Å². The number of allylic oxidation sites excluding steroid dienone is 1. The van der Waals surface area contributed by atoms with Gasteiger partial charge in [0.25, 0.3) is 0 Å². The molecule has 8 nitrogen and oxygen atoms in total. The predicted molar refractivity (Wildman–Crippen MR) is 98.8 cm³/mol. The maximum Gasteiger partial charge on any atom is 0.331 e. The van der Waals surface area contributed by atoms with Crippen LogP contribution < -0.4 is 0 Å². The molecule has 1 spiro atoms. The van der Waals surface area contributed by atoms with Gasteiger partial charge in [-0.05, 0) is 44.4 Å². The molecule has 1 atom stereocenters. The van der Waals surface area contributed by atoms with Crippen molar-refractivity contribution < 1.29 is 39.2 Å². The van der Waals surface area contributed by atoms with Gasteiger partial charge in [0.1, 0.15) is 0 Å². The highest BCUT2D eigenvalue weighted by Gasteiger charge is 2.40. The lowest BCUT2D eigenvalue weighted by Gasteiger charge is -2.42. The number of hydrogen-bond acceptors (Lipinski definition) is 5. The summed E-state index contributed by atoms with van der Waals surface area (Å²) in [5, 5.41) is 28.0. The van der Waals surface area contributed by atoms with E-state index in [1.807, 2.05) is 6.92 Å². The Bertz CT molecular complexity index is 608. The lowest BCUT2D eigenvalue weighted by molar-refractivity contribution is -0.282. The lowest BCUT2D eigenvalue weighted by Crippen LogP contribution is -2.44. The van der Waals surface area contributed by atoms with Crippen LogP contribution in [0.1, 0.15) is 64.7 Å². The molecule has 2 rings (SSSR count). The maximum absolute atomic E-state index is 11.9. The van der Waals surface area contributed by atoms with Crippen molar-refractivity contribution >= 4 is 17.9 Å². The molecular weight excluding hydrogens is 368 g/mol. The number of carbonyl (C=O) groups is 3. The summed E-state index contributed by atoms with van der Waals surface area (Å²) >= 11 is 0. The largest absolute Gasteiger partial charge is 0.481 e. The van der Waals surface area contributed by atoms with Crippen LogP contribution in [0.15, 0.2) is 11.1 Å². The van der Waals surface area contributed by atoms with Crippen LogP contribution in [0.25, 0.3) is 0 Å². The zero-order valence-corrected chi connectivity index (χ0v) is 16.3. The SMILES string of the molecule is CCC(=C(CC(CCC(=O)O)C(=O)O)C(=O)O)C1CCC2(CC1)OCCCO2. The Kier molecular flexibility index (Phi) is 8.00. The van der Waals surface area contributed by atoms with E-state index >= 15 is 0 Å². The van der Waals surface area contributed by atoms with Crippen LogP contribution in [0.3, 0.4) is 0 Å². The Morgan fingerprint density at radius 2 is 1.68 bits per heavy atom. The van der Waals surface area contributed by atoms with E-state index in [1.54, 1.807) is 0 Å². The summed E-state index contributed by atoms with van der Waals surface area (Å²) in [6.07, 6.45) is 3.69. The molecule has 0 radical (unpaired) electrons. The average Bonchev–Trinajstić information content (AvgIpc) is 2.65. The van der Waals surface area contributed by atoms with E-state index in [2.05, 4.69) is 0 Å². The number of carboxylic acids is 3. The van der Waals surface area contributed by atoms with Gasteiger partial charge in [-0.2, -0.15) is 0 Å².